The van der Waals surface area contributed by atoms with Crippen LogP contribution < -0.4 is 4.90 Å². The van der Waals surface area contributed by atoms with Crippen LogP contribution in [0.1, 0.15) is 16.8 Å². The first-order chi connectivity index (χ1) is 9.66. The summed E-state index contributed by atoms with van der Waals surface area (Å²) in [6, 6.07) is 7.35. The highest BCUT2D eigenvalue weighted by Gasteiger charge is 2.32. The summed E-state index contributed by atoms with van der Waals surface area (Å²) in [5, 5.41) is 9.50. The molecule has 1 N–H and O–H groups in total. The van der Waals surface area contributed by atoms with Crippen LogP contribution in [0.3, 0.4) is 0 Å². The number of fused-ring (bicyclic) bond motifs is 1. The molecule has 5 nitrogen and oxygen atoms in total. The second-order valence-electron chi connectivity index (χ2n) is 4.92. The minimum Gasteiger partial charge on any atom is -0.480 e. The molecular formula is C15H15N3O2. The molecule has 102 valence electrons. The van der Waals surface area contributed by atoms with Gasteiger partial charge in [-0.25, -0.2) is 9.78 Å². The van der Waals surface area contributed by atoms with Gasteiger partial charge in [0.1, 0.15) is 6.04 Å². The molecule has 2 aromatic rings. The lowest BCUT2D eigenvalue weighted by Gasteiger charge is -2.35. The van der Waals surface area contributed by atoms with Crippen LogP contribution >= 0.6 is 0 Å². The number of anilines is 1. The van der Waals surface area contributed by atoms with E-state index in [0.29, 0.717) is 18.8 Å². The molecule has 0 saturated heterocycles. The number of carboxylic acids is 1. The molecule has 0 bridgehead atoms. The van der Waals surface area contributed by atoms with Gasteiger partial charge in [-0.2, -0.15) is 0 Å². The molecule has 1 aromatic carbocycles. The molecule has 2 heterocycles. The van der Waals surface area contributed by atoms with Crippen molar-refractivity contribution in [3.8, 4) is 0 Å². The molecule has 0 radical (unpaired) electrons. The number of carbonyl (C=O) groups is 1. The number of benzene rings is 1. The lowest BCUT2D eigenvalue weighted by Crippen LogP contribution is -2.46. The van der Waals surface area contributed by atoms with Crippen molar-refractivity contribution in [1.82, 2.24) is 9.97 Å². The van der Waals surface area contributed by atoms with Gasteiger partial charge in [-0.15, -0.1) is 0 Å². The standard InChI is InChI=1S/C15H15N3O2/c1-10-14(17-7-6-16-10)18-9-12-5-3-2-4-11(12)8-13(18)15(19)20/h2-7,13H,8-9H2,1H3,(H,19,20). The maximum absolute atomic E-state index is 11.6. The zero-order chi connectivity index (χ0) is 14.1. The van der Waals surface area contributed by atoms with Crippen molar-refractivity contribution in [2.75, 3.05) is 4.90 Å². The van der Waals surface area contributed by atoms with Crippen LogP contribution in [0.4, 0.5) is 5.82 Å². The van der Waals surface area contributed by atoms with E-state index in [1.165, 1.54) is 0 Å². The molecule has 1 aromatic heterocycles. The molecule has 5 heteroatoms. The summed E-state index contributed by atoms with van der Waals surface area (Å²) in [4.78, 5) is 21.9. The number of aryl methyl sites for hydroxylation is 1. The maximum atomic E-state index is 11.6. The first-order valence-electron chi connectivity index (χ1n) is 6.50. The summed E-state index contributed by atoms with van der Waals surface area (Å²) in [6.07, 6.45) is 3.70. The van der Waals surface area contributed by atoms with Crippen molar-refractivity contribution in [3.05, 3.63) is 53.5 Å². The van der Waals surface area contributed by atoms with Crippen LogP contribution in [-0.2, 0) is 17.8 Å². The van der Waals surface area contributed by atoms with E-state index in [4.69, 9.17) is 0 Å². The Labute approximate surface area is 116 Å². The van der Waals surface area contributed by atoms with Crippen molar-refractivity contribution in [2.45, 2.75) is 25.9 Å². The molecule has 1 aliphatic heterocycles. The van der Waals surface area contributed by atoms with Crippen LogP contribution in [0.2, 0.25) is 0 Å². The number of aliphatic carboxylic acids is 1. The van der Waals surface area contributed by atoms with Gasteiger partial charge in [-0.05, 0) is 18.1 Å². The Bertz CT molecular complexity index is 657. The van der Waals surface area contributed by atoms with Crippen LogP contribution in [-0.4, -0.2) is 27.1 Å². The lowest BCUT2D eigenvalue weighted by atomic mass is 9.94. The van der Waals surface area contributed by atoms with Gasteiger partial charge in [0.2, 0.25) is 0 Å². The molecule has 20 heavy (non-hydrogen) atoms. The van der Waals surface area contributed by atoms with Crippen LogP contribution in [0, 0.1) is 6.92 Å². The molecule has 1 unspecified atom stereocenters. The third-order valence-corrected chi connectivity index (χ3v) is 3.66. The van der Waals surface area contributed by atoms with Crippen LogP contribution in [0.25, 0.3) is 0 Å². The average molecular weight is 269 g/mol. The number of nitrogens with zero attached hydrogens (tertiary/aromatic N) is 3. The maximum Gasteiger partial charge on any atom is 0.326 e. The molecule has 0 aliphatic carbocycles. The number of aromatic nitrogens is 2. The number of hydrogen-bond donors (Lipinski definition) is 1. The van der Waals surface area contributed by atoms with Crippen molar-refractivity contribution in [3.63, 3.8) is 0 Å². The molecule has 0 amide bonds. The van der Waals surface area contributed by atoms with Gasteiger partial charge in [0.05, 0.1) is 5.69 Å². The third kappa shape index (κ3) is 2.11. The zero-order valence-electron chi connectivity index (χ0n) is 11.2. The monoisotopic (exact) mass is 269 g/mol. The first kappa shape index (κ1) is 12.6. The molecular weight excluding hydrogens is 254 g/mol. The highest BCUT2D eigenvalue weighted by atomic mass is 16.4. The van der Waals surface area contributed by atoms with Gasteiger partial charge in [0.25, 0.3) is 0 Å². The van der Waals surface area contributed by atoms with E-state index in [1.54, 1.807) is 12.4 Å². The minimum atomic E-state index is -0.829. The predicted molar refractivity (Wildman–Crippen MR) is 74.5 cm³/mol. The summed E-state index contributed by atoms with van der Waals surface area (Å²) < 4.78 is 0. The fraction of sp³-hybridized carbons (Fsp3) is 0.267. The molecule has 0 spiro atoms. The van der Waals surface area contributed by atoms with Crippen molar-refractivity contribution in [1.29, 1.82) is 0 Å². The van der Waals surface area contributed by atoms with Gasteiger partial charge in [-0.3, -0.25) is 4.98 Å². The summed E-state index contributed by atoms with van der Waals surface area (Å²) in [5.41, 5.74) is 2.99. The van der Waals surface area contributed by atoms with E-state index in [2.05, 4.69) is 9.97 Å². The summed E-state index contributed by atoms with van der Waals surface area (Å²) in [7, 11) is 0. The smallest absolute Gasteiger partial charge is 0.326 e. The largest absolute Gasteiger partial charge is 0.480 e. The van der Waals surface area contributed by atoms with Crippen LogP contribution in [0.5, 0.6) is 0 Å². The highest BCUT2D eigenvalue weighted by Crippen LogP contribution is 2.28. The summed E-state index contributed by atoms with van der Waals surface area (Å²) in [6.45, 7) is 2.40. The van der Waals surface area contributed by atoms with Gasteiger partial charge in [-0.1, -0.05) is 24.3 Å². The second-order valence-corrected chi connectivity index (χ2v) is 4.92. The summed E-state index contributed by atoms with van der Waals surface area (Å²) >= 11 is 0. The fourth-order valence-corrected chi connectivity index (χ4v) is 2.65. The molecule has 0 fully saturated rings. The van der Waals surface area contributed by atoms with E-state index in [9.17, 15) is 9.90 Å². The number of rotatable bonds is 2. The highest BCUT2D eigenvalue weighted by molar-refractivity contribution is 5.79. The Balaban J connectivity index is 2.05. The lowest BCUT2D eigenvalue weighted by molar-refractivity contribution is -0.138. The first-order valence-corrected chi connectivity index (χ1v) is 6.50. The van der Waals surface area contributed by atoms with Gasteiger partial charge < -0.3 is 10.0 Å². The molecule has 1 atom stereocenters. The number of carboxylic acid groups (broad SMARTS) is 1. The van der Waals surface area contributed by atoms with Gasteiger partial charge in [0.15, 0.2) is 5.82 Å². The van der Waals surface area contributed by atoms with E-state index in [-0.39, 0.29) is 0 Å². The Hall–Kier alpha value is -2.43. The zero-order valence-corrected chi connectivity index (χ0v) is 11.2. The van der Waals surface area contributed by atoms with Crippen LogP contribution in [0.15, 0.2) is 36.7 Å². The van der Waals surface area contributed by atoms with E-state index >= 15 is 0 Å². The molecule has 3 rings (SSSR count). The SMILES string of the molecule is Cc1nccnc1N1Cc2ccccc2CC1C(=O)O. The predicted octanol–water partition coefficient (Wildman–Crippen LogP) is 1.80. The normalized spacial score (nSPS) is 17.6. The Kier molecular flexibility index (Phi) is 3.10. The Morgan fingerprint density at radius 1 is 1.25 bits per heavy atom. The quantitative estimate of drug-likeness (QED) is 0.900. The van der Waals surface area contributed by atoms with Crippen molar-refractivity contribution in [2.24, 2.45) is 0 Å². The van der Waals surface area contributed by atoms with E-state index in [1.807, 2.05) is 36.1 Å². The molecule has 0 saturated carbocycles. The number of hydrogen-bond acceptors (Lipinski definition) is 4. The average Bonchev–Trinajstić information content (AvgIpc) is 2.46. The van der Waals surface area contributed by atoms with E-state index in [0.717, 1.165) is 16.8 Å². The topological polar surface area (TPSA) is 66.3 Å². The fourth-order valence-electron chi connectivity index (χ4n) is 2.65. The van der Waals surface area contributed by atoms with Crippen molar-refractivity contribution >= 4 is 11.8 Å². The van der Waals surface area contributed by atoms with E-state index < -0.39 is 12.0 Å². The van der Waals surface area contributed by atoms with Gasteiger partial charge in [0, 0.05) is 25.4 Å². The van der Waals surface area contributed by atoms with Gasteiger partial charge >= 0.3 is 5.97 Å². The second kappa shape index (κ2) is 4.92. The Morgan fingerprint density at radius 2 is 1.95 bits per heavy atom. The third-order valence-electron chi connectivity index (χ3n) is 3.66. The Morgan fingerprint density at radius 3 is 2.65 bits per heavy atom. The van der Waals surface area contributed by atoms with Crippen molar-refractivity contribution < 1.29 is 9.90 Å². The summed E-state index contributed by atoms with van der Waals surface area (Å²) in [5.74, 6) is -0.182. The minimum absolute atomic E-state index is 0.488. The molecule has 1 aliphatic rings.